The van der Waals surface area contributed by atoms with Gasteiger partial charge in [-0.05, 0) is 52.4 Å². The molecule has 6 heteroatoms. The van der Waals surface area contributed by atoms with Crippen molar-refractivity contribution in [3.05, 3.63) is 46.6 Å². The largest absolute Gasteiger partial charge is 0.361 e. The summed E-state index contributed by atoms with van der Waals surface area (Å²) < 4.78 is 18.5. The standard InChI is InChI=1S/C17H22FN3O2/c1-10-6-7-14(18)8-16(10)19-17(22)12(3)21(5)9-15-11(2)20-23-13(15)4/h6-8,12H,9H2,1-5H3,(H,19,22). The number of carbonyl (C=O) groups excluding carboxylic acids is 1. The number of anilines is 1. The maximum absolute atomic E-state index is 13.3. The van der Waals surface area contributed by atoms with Crippen LogP contribution in [0.1, 0.15) is 29.5 Å². The van der Waals surface area contributed by atoms with Crippen molar-refractivity contribution in [2.24, 2.45) is 0 Å². The van der Waals surface area contributed by atoms with Crippen molar-refractivity contribution < 1.29 is 13.7 Å². The van der Waals surface area contributed by atoms with Crippen LogP contribution in [0.3, 0.4) is 0 Å². The van der Waals surface area contributed by atoms with Crippen LogP contribution in [0.5, 0.6) is 0 Å². The molecule has 1 atom stereocenters. The highest BCUT2D eigenvalue weighted by atomic mass is 19.1. The van der Waals surface area contributed by atoms with Gasteiger partial charge in [0.2, 0.25) is 5.91 Å². The van der Waals surface area contributed by atoms with Gasteiger partial charge in [0.05, 0.1) is 11.7 Å². The molecule has 0 saturated carbocycles. The number of halogens is 1. The van der Waals surface area contributed by atoms with E-state index in [2.05, 4.69) is 10.5 Å². The average molecular weight is 319 g/mol. The number of carbonyl (C=O) groups is 1. The lowest BCUT2D eigenvalue weighted by Crippen LogP contribution is -2.39. The van der Waals surface area contributed by atoms with E-state index in [1.165, 1.54) is 12.1 Å². The molecule has 0 bridgehead atoms. The fraction of sp³-hybridized carbons (Fsp3) is 0.412. The summed E-state index contributed by atoms with van der Waals surface area (Å²) in [7, 11) is 1.86. The number of hydrogen-bond acceptors (Lipinski definition) is 4. The van der Waals surface area contributed by atoms with Crippen LogP contribution >= 0.6 is 0 Å². The summed E-state index contributed by atoms with van der Waals surface area (Å²) in [6.07, 6.45) is 0. The lowest BCUT2D eigenvalue weighted by Gasteiger charge is -2.24. The molecule has 1 unspecified atom stereocenters. The van der Waals surface area contributed by atoms with Gasteiger partial charge in [-0.1, -0.05) is 11.2 Å². The third-order valence-electron chi connectivity index (χ3n) is 4.09. The maximum Gasteiger partial charge on any atom is 0.241 e. The van der Waals surface area contributed by atoms with Crippen LogP contribution in [0.25, 0.3) is 0 Å². The summed E-state index contributed by atoms with van der Waals surface area (Å²) in [5, 5.41) is 6.70. The van der Waals surface area contributed by atoms with Gasteiger partial charge in [0, 0.05) is 17.8 Å². The number of aryl methyl sites for hydroxylation is 3. The van der Waals surface area contributed by atoms with Crippen molar-refractivity contribution in [1.29, 1.82) is 0 Å². The summed E-state index contributed by atoms with van der Waals surface area (Å²) >= 11 is 0. The van der Waals surface area contributed by atoms with Gasteiger partial charge in [-0.2, -0.15) is 0 Å². The number of hydrogen-bond donors (Lipinski definition) is 1. The zero-order valence-electron chi connectivity index (χ0n) is 14.1. The minimum atomic E-state index is -0.383. The molecule has 124 valence electrons. The predicted octanol–water partition coefficient (Wildman–Crippen LogP) is 3.20. The summed E-state index contributed by atoms with van der Waals surface area (Å²) in [6, 6.07) is 3.96. The molecule has 1 amide bonds. The van der Waals surface area contributed by atoms with Crippen LogP contribution in [-0.2, 0) is 11.3 Å². The number of benzene rings is 1. The van der Waals surface area contributed by atoms with Gasteiger partial charge in [0.15, 0.2) is 0 Å². The zero-order valence-corrected chi connectivity index (χ0v) is 14.1. The number of nitrogens with zero attached hydrogens (tertiary/aromatic N) is 2. The Morgan fingerprint density at radius 2 is 2.09 bits per heavy atom. The van der Waals surface area contributed by atoms with Crippen molar-refractivity contribution >= 4 is 11.6 Å². The van der Waals surface area contributed by atoms with Crippen molar-refractivity contribution in [2.75, 3.05) is 12.4 Å². The van der Waals surface area contributed by atoms with E-state index in [4.69, 9.17) is 4.52 Å². The Balaban J connectivity index is 2.05. The highest BCUT2D eigenvalue weighted by Crippen LogP contribution is 2.18. The molecule has 0 radical (unpaired) electrons. The zero-order chi connectivity index (χ0) is 17.1. The highest BCUT2D eigenvalue weighted by molar-refractivity contribution is 5.95. The van der Waals surface area contributed by atoms with Gasteiger partial charge >= 0.3 is 0 Å². The summed E-state index contributed by atoms with van der Waals surface area (Å²) in [6.45, 7) is 7.91. The Hall–Kier alpha value is -2.21. The normalized spacial score (nSPS) is 12.5. The third kappa shape index (κ3) is 3.96. The maximum atomic E-state index is 13.3. The molecule has 1 aromatic heterocycles. The molecule has 0 fully saturated rings. The summed E-state index contributed by atoms with van der Waals surface area (Å²) in [5.74, 6) is 0.193. The molecule has 0 aliphatic heterocycles. The lowest BCUT2D eigenvalue weighted by atomic mass is 10.1. The third-order valence-corrected chi connectivity index (χ3v) is 4.09. The van der Waals surface area contributed by atoms with Crippen LogP contribution < -0.4 is 5.32 Å². The molecule has 2 aromatic rings. The topological polar surface area (TPSA) is 58.4 Å². The number of nitrogens with one attached hydrogen (secondary N) is 1. The number of amides is 1. The first kappa shape index (κ1) is 17.1. The SMILES string of the molecule is Cc1ccc(F)cc1NC(=O)C(C)N(C)Cc1c(C)noc1C. The van der Waals surface area contributed by atoms with Crippen LogP contribution in [0.4, 0.5) is 10.1 Å². The molecule has 0 spiro atoms. The second-order valence-corrected chi connectivity index (χ2v) is 5.84. The molecule has 0 aliphatic carbocycles. The Kier molecular flexibility index (Phi) is 5.15. The Labute approximate surface area is 135 Å². The first-order valence-corrected chi connectivity index (χ1v) is 7.48. The van der Waals surface area contributed by atoms with Gasteiger partial charge in [0.1, 0.15) is 11.6 Å². The predicted molar refractivity (Wildman–Crippen MR) is 86.7 cm³/mol. The molecule has 23 heavy (non-hydrogen) atoms. The second kappa shape index (κ2) is 6.91. The first-order chi connectivity index (χ1) is 10.8. The van der Waals surface area contributed by atoms with Gasteiger partial charge < -0.3 is 9.84 Å². The van der Waals surface area contributed by atoms with E-state index < -0.39 is 0 Å². The molecule has 2 rings (SSSR count). The van der Waals surface area contributed by atoms with Gasteiger partial charge in [-0.3, -0.25) is 9.69 Å². The Morgan fingerprint density at radius 1 is 1.39 bits per heavy atom. The van der Waals surface area contributed by atoms with E-state index in [9.17, 15) is 9.18 Å². The smallest absolute Gasteiger partial charge is 0.241 e. The molecular formula is C17H22FN3O2. The number of likely N-dealkylation sites (N-methyl/N-ethyl adjacent to an activating group) is 1. The first-order valence-electron chi connectivity index (χ1n) is 7.48. The molecule has 1 heterocycles. The number of rotatable bonds is 5. The van der Waals surface area contributed by atoms with Crippen LogP contribution in [0, 0.1) is 26.6 Å². The van der Waals surface area contributed by atoms with Crippen LogP contribution in [0.2, 0.25) is 0 Å². The van der Waals surface area contributed by atoms with E-state index >= 15 is 0 Å². The van der Waals surface area contributed by atoms with Gasteiger partial charge in [-0.25, -0.2) is 4.39 Å². The fourth-order valence-electron chi connectivity index (χ4n) is 2.28. The van der Waals surface area contributed by atoms with Gasteiger partial charge in [-0.15, -0.1) is 0 Å². The average Bonchev–Trinajstić information content (AvgIpc) is 2.81. The van der Waals surface area contributed by atoms with Crippen LogP contribution in [-0.4, -0.2) is 29.1 Å². The summed E-state index contributed by atoms with van der Waals surface area (Å²) in [4.78, 5) is 14.3. The van der Waals surface area contributed by atoms with Crippen molar-refractivity contribution in [3.8, 4) is 0 Å². The highest BCUT2D eigenvalue weighted by Gasteiger charge is 2.21. The minimum Gasteiger partial charge on any atom is -0.361 e. The van der Waals surface area contributed by atoms with E-state index in [0.29, 0.717) is 12.2 Å². The minimum absolute atomic E-state index is 0.187. The fourth-order valence-corrected chi connectivity index (χ4v) is 2.28. The number of aromatic nitrogens is 1. The molecule has 5 nitrogen and oxygen atoms in total. The van der Waals surface area contributed by atoms with E-state index in [0.717, 1.165) is 22.6 Å². The molecule has 0 aliphatic rings. The molecule has 1 aromatic carbocycles. The molecule has 0 saturated heterocycles. The second-order valence-electron chi connectivity index (χ2n) is 5.84. The van der Waals surface area contributed by atoms with Crippen molar-refractivity contribution in [1.82, 2.24) is 10.1 Å². The Morgan fingerprint density at radius 3 is 2.70 bits per heavy atom. The van der Waals surface area contributed by atoms with Gasteiger partial charge in [0.25, 0.3) is 0 Å². The quantitative estimate of drug-likeness (QED) is 0.919. The van der Waals surface area contributed by atoms with E-state index in [1.807, 2.05) is 39.6 Å². The molecular weight excluding hydrogens is 297 g/mol. The summed E-state index contributed by atoms with van der Waals surface area (Å²) in [5.41, 5.74) is 3.12. The van der Waals surface area contributed by atoms with E-state index in [-0.39, 0.29) is 17.8 Å². The monoisotopic (exact) mass is 319 g/mol. The molecule has 1 N–H and O–H groups in total. The Bertz CT molecular complexity index is 692. The lowest BCUT2D eigenvalue weighted by molar-refractivity contribution is -0.120. The van der Waals surface area contributed by atoms with Crippen molar-refractivity contribution in [3.63, 3.8) is 0 Å². The van der Waals surface area contributed by atoms with Crippen LogP contribution in [0.15, 0.2) is 22.7 Å². The van der Waals surface area contributed by atoms with Crippen molar-refractivity contribution in [2.45, 2.75) is 40.3 Å². The van der Waals surface area contributed by atoms with E-state index in [1.54, 1.807) is 6.07 Å².